The summed E-state index contributed by atoms with van der Waals surface area (Å²) in [6.45, 7) is 3.93. The van der Waals surface area contributed by atoms with Crippen molar-refractivity contribution in [3.63, 3.8) is 0 Å². The molecule has 1 N–H and O–H groups in total. The number of benzene rings is 2. The summed E-state index contributed by atoms with van der Waals surface area (Å²) < 4.78 is 13.2. The molecular weight excluding hydrogens is 373 g/mol. The van der Waals surface area contributed by atoms with E-state index in [4.69, 9.17) is 4.98 Å². The number of nitrogens with zero attached hydrogens (tertiary/aromatic N) is 2. The lowest BCUT2D eigenvalue weighted by atomic mass is 9.89. The maximum atomic E-state index is 13.2. The molecule has 0 spiro atoms. The van der Waals surface area contributed by atoms with Crippen molar-refractivity contribution in [3.8, 4) is 11.3 Å². The van der Waals surface area contributed by atoms with Crippen molar-refractivity contribution < 1.29 is 9.18 Å². The molecule has 1 aliphatic rings. The summed E-state index contributed by atoms with van der Waals surface area (Å²) in [5.74, 6) is -0.353. The van der Waals surface area contributed by atoms with E-state index >= 15 is 0 Å². The summed E-state index contributed by atoms with van der Waals surface area (Å²) in [4.78, 5) is 20.9. The van der Waals surface area contributed by atoms with Gasteiger partial charge in [0.05, 0.1) is 11.6 Å². The van der Waals surface area contributed by atoms with Crippen molar-refractivity contribution in [1.29, 1.82) is 0 Å². The van der Waals surface area contributed by atoms with Gasteiger partial charge in [-0.25, -0.2) is 19.2 Å². The molecule has 1 aliphatic heterocycles. The van der Waals surface area contributed by atoms with E-state index in [2.05, 4.69) is 41.5 Å². The number of halogens is 1. The van der Waals surface area contributed by atoms with Gasteiger partial charge in [-0.2, -0.15) is 0 Å². The molecule has 2 heterocycles. The smallest absolute Gasteiger partial charge is 0.332 e. The fourth-order valence-electron chi connectivity index (χ4n) is 3.48. The molecule has 0 saturated heterocycles. The predicted octanol–water partition coefficient (Wildman–Crippen LogP) is 5.14. The standard InChI is InChI=1S/C22H20FN3OS/c1-13-3-5-15(6-4-13)11-18-20(14(2)24-22(27)26-18)21-25-19(12-28-21)16-7-9-17(23)10-8-16/h3-10,12,18,20H,11H2,1-2H3,(H,26,27). The van der Waals surface area contributed by atoms with Crippen molar-refractivity contribution in [2.24, 2.45) is 4.99 Å². The molecule has 1 aromatic heterocycles. The molecule has 28 heavy (non-hydrogen) atoms. The number of hydrogen-bond donors (Lipinski definition) is 1. The lowest BCUT2D eigenvalue weighted by molar-refractivity contribution is 0.242. The number of urea groups is 1. The monoisotopic (exact) mass is 393 g/mol. The Morgan fingerprint density at radius 1 is 1.07 bits per heavy atom. The van der Waals surface area contributed by atoms with Crippen LogP contribution in [0.5, 0.6) is 0 Å². The van der Waals surface area contributed by atoms with E-state index in [-0.39, 0.29) is 23.8 Å². The SMILES string of the molecule is CC1=NC(=O)NC(Cc2ccc(C)cc2)C1c1nc(-c2ccc(F)cc2)cs1. The number of aryl methyl sites for hydroxylation is 1. The van der Waals surface area contributed by atoms with Gasteiger partial charge in [0.15, 0.2) is 0 Å². The molecule has 2 amide bonds. The van der Waals surface area contributed by atoms with E-state index in [1.54, 1.807) is 12.1 Å². The van der Waals surface area contributed by atoms with Crippen LogP contribution >= 0.6 is 11.3 Å². The zero-order valence-electron chi connectivity index (χ0n) is 15.6. The zero-order valence-corrected chi connectivity index (χ0v) is 16.5. The first-order valence-corrected chi connectivity index (χ1v) is 10.00. The Bertz CT molecular complexity index is 1020. The molecule has 0 radical (unpaired) electrons. The molecule has 2 aromatic carbocycles. The fraction of sp³-hybridized carbons (Fsp3) is 0.227. The highest BCUT2D eigenvalue weighted by molar-refractivity contribution is 7.10. The number of rotatable bonds is 4. The van der Waals surface area contributed by atoms with Crippen LogP contribution in [-0.2, 0) is 6.42 Å². The average Bonchev–Trinajstić information content (AvgIpc) is 3.13. The number of aliphatic imine (C=N–C) groups is 1. The van der Waals surface area contributed by atoms with Crippen LogP contribution in [-0.4, -0.2) is 22.8 Å². The van der Waals surface area contributed by atoms with Crippen molar-refractivity contribution in [2.75, 3.05) is 0 Å². The largest absolute Gasteiger partial charge is 0.341 e. The van der Waals surface area contributed by atoms with Gasteiger partial charge in [-0.1, -0.05) is 29.8 Å². The van der Waals surface area contributed by atoms with E-state index in [9.17, 15) is 9.18 Å². The maximum Gasteiger partial charge on any atom is 0.341 e. The highest BCUT2D eigenvalue weighted by atomic mass is 32.1. The third-order valence-electron chi connectivity index (χ3n) is 4.94. The number of aromatic nitrogens is 1. The Morgan fingerprint density at radius 3 is 2.50 bits per heavy atom. The van der Waals surface area contributed by atoms with E-state index in [0.717, 1.165) is 27.5 Å². The Hall–Kier alpha value is -2.86. The lowest BCUT2D eigenvalue weighted by Crippen LogP contribution is -2.46. The summed E-state index contributed by atoms with van der Waals surface area (Å²) in [6.07, 6.45) is 0.703. The Kier molecular flexibility index (Phi) is 5.05. The molecule has 4 nitrogen and oxygen atoms in total. The summed E-state index contributed by atoms with van der Waals surface area (Å²) >= 11 is 1.54. The summed E-state index contributed by atoms with van der Waals surface area (Å²) in [5.41, 5.74) is 4.80. The molecule has 0 fully saturated rings. The molecule has 2 unspecified atom stereocenters. The first-order valence-electron chi connectivity index (χ1n) is 9.12. The maximum absolute atomic E-state index is 13.2. The first kappa shape index (κ1) is 18.5. The molecule has 0 bridgehead atoms. The van der Waals surface area contributed by atoms with E-state index < -0.39 is 0 Å². The van der Waals surface area contributed by atoms with Crippen LogP contribution in [0.4, 0.5) is 9.18 Å². The molecule has 3 aromatic rings. The number of carbonyl (C=O) groups excluding carboxylic acids is 1. The molecule has 4 rings (SSSR count). The van der Waals surface area contributed by atoms with Crippen LogP contribution in [0, 0.1) is 12.7 Å². The quantitative estimate of drug-likeness (QED) is 0.667. The van der Waals surface area contributed by atoms with Gasteiger partial charge in [-0.05, 0) is 50.1 Å². The minimum atomic E-state index is -0.304. The van der Waals surface area contributed by atoms with Gasteiger partial charge < -0.3 is 5.32 Å². The molecule has 0 saturated carbocycles. The topological polar surface area (TPSA) is 54.4 Å². The number of carbonyl (C=O) groups is 1. The molecule has 142 valence electrons. The van der Waals surface area contributed by atoms with E-state index in [0.29, 0.717) is 6.42 Å². The third kappa shape index (κ3) is 3.87. The van der Waals surface area contributed by atoms with Gasteiger partial charge in [0.25, 0.3) is 0 Å². The Morgan fingerprint density at radius 2 is 1.79 bits per heavy atom. The second-order valence-corrected chi connectivity index (χ2v) is 7.94. The van der Waals surface area contributed by atoms with Crippen molar-refractivity contribution in [1.82, 2.24) is 10.3 Å². The Balaban J connectivity index is 1.64. The molecular formula is C22H20FN3OS. The van der Waals surface area contributed by atoms with Crippen molar-refractivity contribution >= 4 is 23.1 Å². The van der Waals surface area contributed by atoms with Crippen molar-refractivity contribution in [2.45, 2.75) is 32.2 Å². The average molecular weight is 393 g/mol. The fourth-order valence-corrected chi connectivity index (χ4v) is 4.53. The summed E-state index contributed by atoms with van der Waals surface area (Å²) in [7, 11) is 0. The minimum absolute atomic E-state index is 0.0850. The Labute approximate surface area is 167 Å². The third-order valence-corrected chi connectivity index (χ3v) is 5.87. The van der Waals surface area contributed by atoms with Gasteiger partial charge in [-0.15, -0.1) is 11.3 Å². The molecule has 6 heteroatoms. The highest BCUT2D eigenvalue weighted by Gasteiger charge is 2.33. The van der Waals surface area contributed by atoms with Gasteiger partial charge in [0.1, 0.15) is 10.8 Å². The molecule has 0 aliphatic carbocycles. The number of hydrogen-bond acceptors (Lipinski definition) is 3. The molecule has 2 atom stereocenters. The normalized spacial score (nSPS) is 19.2. The van der Waals surface area contributed by atoms with Crippen LogP contribution in [0.2, 0.25) is 0 Å². The van der Waals surface area contributed by atoms with Crippen LogP contribution < -0.4 is 5.32 Å². The number of thiazole rings is 1. The highest BCUT2D eigenvalue weighted by Crippen LogP contribution is 2.32. The second kappa shape index (κ2) is 7.64. The van der Waals surface area contributed by atoms with Gasteiger partial charge in [-0.3, -0.25) is 0 Å². The number of amides is 2. The second-order valence-electron chi connectivity index (χ2n) is 7.05. The predicted molar refractivity (Wildman–Crippen MR) is 111 cm³/mol. The zero-order chi connectivity index (χ0) is 19.7. The summed E-state index contributed by atoms with van der Waals surface area (Å²) in [6, 6.07) is 14.2. The van der Waals surface area contributed by atoms with Gasteiger partial charge >= 0.3 is 6.03 Å². The summed E-state index contributed by atoms with van der Waals surface area (Å²) in [5, 5.41) is 5.87. The van der Waals surface area contributed by atoms with Crippen molar-refractivity contribution in [3.05, 3.63) is 75.9 Å². The number of nitrogens with one attached hydrogen (secondary N) is 1. The van der Waals surface area contributed by atoms with E-state index in [1.165, 1.54) is 29.0 Å². The van der Waals surface area contributed by atoms with Crippen LogP contribution in [0.15, 0.2) is 58.9 Å². The lowest BCUT2D eigenvalue weighted by Gasteiger charge is -2.29. The van der Waals surface area contributed by atoms with Gasteiger partial charge in [0.2, 0.25) is 0 Å². The van der Waals surface area contributed by atoms with Crippen LogP contribution in [0.3, 0.4) is 0 Å². The van der Waals surface area contributed by atoms with Gasteiger partial charge in [0, 0.05) is 22.7 Å². The van der Waals surface area contributed by atoms with Crippen LogP contribution in [0.1, 0.15) is 29.0 Å². The first-order chi connectivity index (χ1) is 13.5. The van der Waals surface area contributed by atoms with E-state index in [1.807, 2.05) is 12.3 Å². The van der Waals surface area contributed by atoms with Crippen LogP contribution in [0.25, 0.3) is 11.3 Å². The minimum Gasteiger partial charge on any atom is -0.332 e.